The second kappa shape index (κ2) is 8.24. The summed E-state index contributed by atoms with van der Waals surface area (Å²) < 4.78 is 13.8. The first kappa shape index (κ1) is 20.5. The molecule has 5 rings (SSSR count). The Balaban J connectivity index is 1.46. The van der Waals surface area contributed by atoms with Crippen LogP contribution in [0.15, 0.2) is 35.4 Å². The Morgan fingerprint density at radius 3 is 2.81 bits per heavy atom. The normalized spacial score (nSPS) is 20.4. The van der Waals surface area contributed by atoms with Gasteiger partial charge in [0.25, 0.3) is 11.5 Å². The van der Waals surface area contributed by atoms with E-state index in [2.05, 4.69) is 26.0 Å². The van der Waals surface area contributed by atoms with E-state index in [0.717, 1.165) is 12.8 Å². The zero-order valence-electron chi connectivity index (χ0n) is 17.9. The van der Waals surface area contributed by atoms with Crippen LogP contribution in [0.4, 0.5) is 17.3 Å². The highest BCUT2D eigenvalue weighted by atomic mass is 16.5. The van der Waals surface area contributed by atoms with E-state index in [4.69, 9.17) is 9.47 Å². The number of nitrogens with one attached hydrogen (secondary N) is 3. The lowest BCUT2D eigenvalue weighted by Gasteiger charge is -2.35. The van der Waals surface area contributed by atoms with Crippen molar-refractivity contribution in [2.24, 2.45) is 0 Å². The molecule has 1 saturated carbocycles. The van der Waals surface area contributed by atoms with Crippen LogP contribution in [0, 0.1) is 0 Å². The number of ether oxygens (including phenoxy) is 2. The van der Waals surface area contributed by atoms with Gasteiger partial charge in [-0.25, -0.2) is 4.98 Å². The van der Waals surface area contributed by atoms with Crippen LogP contribution in [0.25, 0.3) is 5.65 Å². The third-order valence-electron chi connectivity index (χ3n) is 6.05. The molecule has 11 nitrogen and oxygen atoms in total. The van der Waals surface area contributed by atoms with E-state index in [9.17, 15) is 9.59 Å². The summed E-state index contributed by atoms with van der Waals surface area (Å²) in [5.41, 5.74) is 0.967. The van der Waals surface area contributed by atoms with Gasteiger partial charge in [0, 0.05) is 26.4 Å². The molecule has 4 heterocycles. The fourth-order valence-electron chi connectivity index (χ4n) is 3.94. The summed E-state index contributed by atoms with van der Waals surface area (Å²) in [7, 11) is 3.40. The Labute approximate surface area is 183 Å². The molecular weight excluding hydrogens is 414 g/mol. The molecule has 32 heavy (non-hydrogen) atoms. The van der Waals surface area contributed by atoms with Gasteiger partial charge in [0.2, 0.25) is 0 Å². The van der Waals surface area contributed by atoms with E-state index in [1.807, 2.05) is 6.07 Å². The maximum Gasteiger partial charge on any atom is 0.274 e. The fourth-order valence-corrected chi connectivity index (χ4v) is 3.94. The first-order valence-electron chi connectivity index (χ1n) is 10.5. The number of aromatic nitrogens is 4. The molecule has 0 radical (unpaired) electrons. The lowest BCUT2D eigenvalue weighted by atomic mass is 9.89. The molecule has 3 N–H and O–H groups in total. The van der Waals surface area contributed by atoms with E-state index < -0.39 is 0 Å². The van der Waals surface area contributed by atoms with Gasteiger partial charge in [-0.05, 0) is 25.0 Å². The van der Waals surface area contributed by atoms with Crippen LogP contribution in [-0.2, 0) is 9.47 Å². The molecule has 1 amide bonds. The average molecular weight is 439 g/mol. The highest BCUT2D eigenvalue weighted by Gasteiger charge is 2.33. The number of methoxy groups -OCH3 is 1. The minimum absolute atomic E-state index is 0.0224. The van der Waals surface area contributed by atoms with Crippen molar-refractivity contribution in [1.29, 1.82) is 0 Å². The third kappa shape index (κ3) is 3.49. The summed E-state index contributed by atoms with van der Waals surface area (Å²) in [4.78, 5) is 30.4. The van der Waals surface area contributed by atoms with Gasteiger partial charge in [0.05, 0.1) is 37.6 Å². The average Bonchev–Trinajstić information content (AvgIpc) is 3.16. The van der Waals surface area contributed by atoms with Gasteiger partial charge in [0.1, 0.15) is 22.9 Å². The van der Waals surface area contributed by atoms with Crippen molar-refractivity contribution in [1.82, 2.24) is 24.5 Å². The van der Waals surface area contributed by atoms with Crippen LogP contribution in [0.2, 0.25) is 0 Å². The molecule has 3 aromatic heterocycles. The lowest BCUT2D eigenvalue weighted by Crippen LogP contribution is -2.51. The van der Waals surface area contributed by atoms with Gasteiger partial charge in [0.15, 0.2) is 5.65 Å². The van der Waals surface area contributed by atoms with Gasteiger partial charge in [-0.15, -0.1) is 0 Å². The van der Waals surface area contributed by atoms with Crippen molar-refractivity contribution < 1.29 is 14.3 Å². The van der Waals surface area contributed by atoms with Gasteiger partial charge >= 0.3 is 0 Å². The number of rotatable bonds is 7. The van der Waals surface area contributed by atoms with Gasteiger partial charge < -0.3 is 30.0 Å². The molecule has 168 valence electrons. The largest absolute Gasteiger partial charge is 0.379 e. The molecule has 0 unspecified atom stereocenters. The second-order valence-electron chi connectivity index (χ2n) is 7.95. The van der Waals surface area contributed by atoms with Crippen LogP contribution in [0.1, 0.15) is 29.2 Å². The topological polar surface area (TPSA) is 124 Å². The standard InChI is InChI=1S/C21H25N7O4/c1-22-18-8-17(24-15-4-3-7-27(21(15)30)12-10-32-11-12)26-19-13(9-23-28(18)19)20(29)25-14-5-6-16(14)31-2/h3-4,7-9,12,14,16,22H,5-6,10-11H2,1-2H3,(H,24,26)(H,25,29)/t14-,16-/m1/s1. The van der Waals surface area contributed by atoms with Crippen molar-refractivity contribution in [3.05, 3.63) is 46.5 Å². The van der Waals surface area contributed by atoms with Crippen molar-refractivity contribution in [3.63, 3.8) is 0 Å². The quantitative estimate of drug-likeness (QED) is 0.501. The van der Waals surface area contributed by atoms with Crippen molar-refractivity contribution >= 4 is 28.9 Å². The maximum atomic E-state index is 12.9. The number of carbonyl (C=O) groups is 1. The molecule has 2 fully saturated rings. The summed E-state index contributed by atoms with van der Waals surface area (Å²) in [6.45, 7) is 1.05. The number of pyridine rings is 1. The number of hydrogen-bond donors (Lipinski definition) is 3. The SMILES string of the molecule is CNc1cc(Nc2cccn(C3COC3)c2=O)nc2c(C(=O)N[C@@H]3CC[C@H]3OC)cnn12. The molecule has 2 aliphatic rings. The van der Waals surface area contributed by atoms with Crippen molar-refractivity contribution in [3.8, 4) is 0 Å². The fraction of sp³-hybridized carbons (Fsp3) is 0.429. The molecular formula is C21H25N7O4. The van der Waals surface area contributed by atoms with Gasteiger partial charge in [-0.1, -0.05) is 0 Å². The Kier molecular flexibility index (Phi) is 5.27. The minimum atomic E-state index is -0.259. The van der Waals surface area contributed by atoms with Gasteiger partial charge in [-0.2, -0.15) is 9.61 Å². The highest BCUT2D eigenvalue weighted by Crippen LogP contribution is 2.25. The van der Waals surface area contributed by atoms with Gasteiger partial charge in [-0.3, -0.25) is 9.59 Å². The predicted octanol–water partition coefficient (Wildman–Crippen LogP) is 1.15. The molecule has 2 atom stereocenters. The second-order valence-corrected chi connectivity index (χ2v) is 7.95. The van der Waals surface area contributed by atoms with Crippen LogP contribution in [0.3, 0.4) is 0 Å². The zero-order valence-corrected chi connectivity index (χ0v) is 17.9. The Bertz CT molecular complexity index is 1210. The molecule has 1 aliphatic carbocycles. The molecule has 1 saturated heterocycles. The Morgan fingerprint density at radius 2 is 2.16 bits per heavy atom. The highest BCUT2D eigenvalue weighted by molar-refractivity contribution is 6.00. The number of anilines is 3. The summed E-state index contributed by atoms with van der Waals surface area (Å²) in [5.74, 6) is 0.790. The van der Waals surface area contributed by atoms with Crippen molar-refractivity contribution in [2.75, 3.05) is 38.0 Å². The molecule has 3 aromatic rings. The number of amides is 1. The van der Waals surface area contributed by atoms with E-state index in [0.29, 0.717) is 41.7 Å². The lowest BCUT2D eigenvalue weighted by molar-refractivity contribution is -0.0247. The Morgan fingerprint density at radius 1 is 1.31 bits per heavy atom. The number of carbonyl (C=O) groups excluding carboxylic acids is 1. The monoisotopic (exact) mass is 439 g/mol. The van der Waals surface area contributed by atoms with E-state index in [1.165, 1.54) is 6.20 Å². The molecule has 1 aliphatic heterocycles. The first-order valence-corrected chi connectivity index (χ1v) is 10.5. The predicted molar refractivity (Wildman–Crippen MR) is 118 cm³/mol. The summed E-state index contributed by atoms with van der Waals surface area (Å²) in [6, 6.07) is 5.26. The molecule has 0 bridgehead atoms. The summed E-state index contributed by atoms with van der Waals surface area (Å²) >= 11 is 0. The molecule has 11 heteroatoms. The van der Waals surface area contributed by atoms with Crippen LogP contribution >= 0.6 is 0 Å². The Hall–Kier alpha value is -3.44. The maximum absolute atomic E-state index is 12.9. The minimum Gasteiger partial charge on any atom is -0.379 e. The van der Waals surface area contributed by atoms with Crippen molar-refractivity contribution in [2.45, 2.75) is 31.0 Å². The number of fused-ring (bicyclic) bond motifs is 1. The van der Waals surface area contributed by atoms with E-state index >= 15 is 0 Å². The summed E-state index contributed by atoms with van der Waals surface area (Å²) in [5, 5.41) is 13.5. The van der Waals surface area contributed by atoms with E-state index in [1.54, 1.807) is 41.6 Å². The number of nitrogens with zero attached hydrogens (tertiary/aromatic N) is 4. The van der Waals surface area contributed by atoms with Crippen LogP contribution in [-0.4, -0.2) is 64.6 Å². The number of hydrogen-bond acceptors (Lipinski definition) is 8. The zero-order chi connectivity index (χ0) is 22.2. The smallest absolute Gasteiger partial charge is 0.274 e. The molecule has 0 aromatic carbocycles. The molecule has 0 spiro atoms. The third-order valence-corrected chi connectivity index (χ3v) is 6.05. The first-order chi connectivity index (χ1) is 15.6. The van der Waals surface area contributed by atoms with Crippen LogP contribution in [0.5, 0.6) is 0 Å². The summed E-state index contributed by atoms with van der Waals surface area (Å²) in [6.07, 6.45) is 5.07. The van der Waals surface area contributed by atoms with E-state index in [-0.39, 0.29) is 29.7 Å². The van der Waals surface area contributed by atoms with Crippen LogP contribution < -0.4 is 21.5 Å².